The van der Waals surface area contributed by atoms with Crippen molar-refractivity contribution in [3.8, 4) is 11.5 Å². The van der Waals surface area contributed by atoms with E-state index < -0.39 is 0 Å². The van der Waals surface area contributed by atoms with Crippen molar-refractivity contribution in [3.05, 3.63) is 48.5 Å². The molecule has 0 aromatic heterocycles. The smallest absolute Gasteiger partial charge is 0.200 e. The maximum Gasteiger partial charge on any atom is 0.200 e. The van der Waals surface area contributed by atoms with Gasteiger partial charge in [-0.15, -0.1) is 0 Å². The van der Waals surface area contributed by atoms with Crippen LogP contribution < -0.4 is 4.74 Å². The standard InChI is InChI=1S/C12H8OS/c1-3-7-11-9(5-1)13-10-6-2-4-8-12(10)14-11/h1-8H/p+1. The van der Waals surface area contributed by atoms with Gasteiger partial charge in [-0.2, -0.15) is 0 Å². The first-order valence-electron chi connectivity index (χ1n) is 4.51. The molecule has 1 nitrogen and oxygen atoms in total. The van der Waals surface area contributed by atoms with Gasteiger partial charge >= 0.3 is 0 Å². The molecule has 14 heavy (non-hydrogen) atoms. The predicted molar refractivity (Wildman–Crippen MR) is 58.3 cm³/mol. The van der Waals surface area contributed by atoms with Crippen LogP contribution in [0.1, 0.15) is 0 Å². The number of ether oxygens (including phenoxy) is 1. The summed E-state index contributed by atoms with van der Waals surface area (Å²) >= 11 is 1.24. The first-order chi connectivity index (χ1) is 6.93. The van der Waals surface area contributed by atoms with Gasteiger partial charge in [-0.25, -0.2) is 0 Å². The van der Waals surface area contributed by atoms with Crippen LogP contribution in [0.2, 0.25) is 0 Å². The second-order valence-electron chi connectivity index (χ2n) is 3.15. The Kier molecular flexibility index (Phi) is 1.74. The van der Waals surface area contributed by atoms with Crippen LogP contribution in [-0.2, 0) is 11.8 Å². The van der Waals surface area contributed by atoms with Gasteiger partial charge in [0, 0.05) is 0 Å². The summed E-state index contributed by atoms with van der Waals surface area (Å²) in [5.74, 6) is 1.96. The van der Waals surface area contributed by atoms with E-state index in [9.17, 15) is 0 Å². The van der Waals surface area contributed by atoms with Gasteiger partial charge in [0.1, 0.15) is 0 Å². The van der Waals surface area contributed by atoms with Crippen molar-refractivity contribution in [1.82, 2.24) is 0 Å². The summed E-state index contributed by atoms with van der Waals surface area (Å²) in [6.45, 7) is 0. The van der Waals surface area contributed by atoms with Crippen molar-refractivity contribution in [2.24, 2.45) is 0 Å². The lowest BCUT2D eigenvalue weighted by Gasteiger charge is -2.12. The molecule has 0 atom stereocenters. The van der Waals surface area contributed by atoms with Gasteiger partial charge in [-0.3, -0.25) is 0 Å². The molecule has 1 aliphatic heterocycles. The van der Waals surface area contributed by atoms with E-state index in [0.29, 0.717) is 0 Å². The predicted octanol–water partition coefficient (Wildman–Crippen LogP) is 3.03. The van der Waals surface area contributed by atoms with Gasteiger partial charge in [0.05, 0.1) is 11.8 Å². The summed E-state index contributed by atoms with van der Waals surface area (Å²) < 4.78 is 5.77. The lowest BCUT2D eigenvalue weighted by atomic mass is 10.3. The highest BCUT2D eigenvalue weighted by Gasteiger charge is 2.23. The minimum Gasteiger partial charge on any atom is -0.447 e. The lowest BCUT2D eigenvalue weighted by Crippen LogP contribution is -1.99. The Morgan fingerprint density at radius 2 is 1.21 bits per heavy atom. The highest BCUT2D eigenvalue weighted by Crippen LogP contribution is 2.37. The number of fused-ring (bicyclic) bond motifs is 2. The van der Waals surface area contributed by atoms with Gasteiger partial charge in [0.15, 0.2) is 11.5 Å². The number of benzene rings is 2. The molecule has 2 aromatic rings. The van der Waals surface area contributed by atoms with Crippen molar-refractivity contribution in [1.29, 1.82) is 0 Å². The first kappa shape index (κ1) is 7.94. The molecule has 0 saturated heterocycles. The SMILES string of the molecule is c1ccc2c(c1)Oc1ccccc1[SH+]2. The van der Waals surface area contributed by atoms with E-state index >= 15 is 0 Å². The Bertz CT molecular complexity index is 392. The molecule has 0 bridgehead atoms. The van der Waals surface area contributed by atoms with Crippen LogP contribution in [0.4, 0.5) is 0 Å². The monoisotopic (exact) mass is 201 g/mol. The van der Waals surface area contributed by atoms with Crippen LogP contribution in [0.5, 0.6) is 11.5 Å². The minimum atomic E-state index is 0.980. The maximum absolute atomic E-state index is 5.77. The normalized spacial score (nSPS) is 12.6. The number of hydrogen-bond acceptors (Lipinski definition) is 1. The molecule has 2 aromatic carbocycles. The summed E-state index contributed by atoms with van der Waals surface area (Å²) in [7, 11) is 0. The highest BCUT2D eigenvalue weighted by atomic mass is 32.2. The fraction of sp³-hybridized carbons (Fsp3) is 0. The molecule has 2 heteroatoms. The third-order valence-electron chi connectivity index (χ3n) is 2.19. The van der Waals surface area contributed by atoms with Crippen molar-refractivity contribution in [3.63, 3.8) is 0 Å². The van der Waals surface area contributed by atoms with Crippen LogP contribution in [0.25, 0.3) is 0 Å². The minimum absolute atomic E-state index is 0.980. The number of thiol groups is 1. The van der Waals surface area contributed by atoms with Gasteiger partial charge < -0.3 is 4.74 Å². The molecule has 0 fully saturated rings. The average Bonchev–Trinajstić information content (AvgIpc) is 2.26. The second kappa shape index (κ2) is 3.07. The molecular formula is C12H9OS+. The van der Waals surface area contributed by atoms with Crippen LogP contribution >= 0.6 is 0 Å². The number of para-hydroxylation sites is 2. The topological polar surface area (TPSA) is 9.23 Å². The Labute approximate surface area is 86.7 Å². The Balaban J connectivity index is 2.12. The maximum atomic E-state index is 5.77. The summed E-state index contributed by atoms with van der Waals surface area (Å²) in [6, 6.07) is 16.3. The highest BCUT2D eigenvalue weighted by molar-refractivity contribution is 7.79. The quantitative estimate of drug-likeness (QED) is 0.401. The van der Waals surface area contributed by atoms with Crippen LogP contribution in [-0.4, -0.2) is 0 Å². The zero-order valence-corrected chi connectivity index (χ0v) is 8.37. The van der Waals surface area contributed by atoms with Crippen molar-refractivity contribution < 1.29 is 4.74 Å². The van der Waals surface area contributed by atoms with Crippen LogP contribution in [0.15, 0.2) is 58.3 Å². The number of rotatable bonds is 0. The van der Waals surface area contributed by atoms with Crippen LogP contribution in [0.3, 0.4) is 0 Å². The van der Waals surface area contributed by atoms with E-state index in [0.717, 1.165) is 11.5 Å². The van der Waals surface area contributed by atoms with Gasteiger partial charge in [0.25, 0.3) is 0 Å². The van der Waals surface area contributed by atoms with E-state index in [1.807, 2.05) is 36.4 Å². The average molecular weight is 201 g/mol. The van der Waals surface area contributed by atoms with Crippen molar-refractivity contribution in [2.75, 3.05) is 0 Å². The molecule has 1 heterocycles. The molecule has 0 saturated carbocycles. The summed E-state index contributed by atoms with van der Waals surface area (Å²) in [5, 5.41) is 0. The third kappa shape index (κ3) is 1.19. The first-order valence-corrected chi connectivity index (χ1v) is 5.40. The van der Waals surface area contributed by atoms with E-state index in [1.165, 1.54) is 21.6 Å². The van der Waals surface area contributed by atoms with Crippen molar-refractivity contribution >= 4 is 11.8 Å². The largest absolute Gasteiger partial charge is 0.447 e. The molecule has 0 amide bonds. The molecule has 68 valence electrons. The zero-order chi connectivity index (χ0) is 9.38. The summed E-state index contributed by atoms with van der Waals surface area (Å²) in [5.41, 5.74) is 0. The van der Waals surface area contributed by atoms with Crippen LogP contribution in [0, 0.1) is 0 Å². The van der Waals surface area contributed by atoms with E-state index in [4.69, 9.17) is 4.74 Å². The Hall–Kier alpha value is -1.41. The van der Waals surface area contributed by atoms with Gasteiger partial charge in [-0.1, -0.05) is 24.3 Å². The second-order valence-corrected chi connectivity index (χ2v) is 4.34. The Morgan fingerprint density at radius 3 is 1.79 bits per heavy atom. The van der Waals surface area contributed by atoms with E-state index in [1.54, 1.807) is 0 Å². The molecule has 0 radical (unpaired) electrons. The summed E-state index contributed by atoms with van der Waals surface area (Å²) in [6.07, 6.45) is 0. The molecule has 0 spiro atoms. The van der Waals surface area contributed by atoms with Gasteiger partial charge in [0.2, 0.25) is 9.79 Å². The summed E-state index contributed by atoms with van der Waals surface area (Å²) in [4.78, 5) is 2.48. The zero-order valence-electron chi connectivity index (χ0n) is 7.47. The molecule has 3 rings (SSSR count). The van der Waals surface area contributed by atoms with E-state index in [2.05, 4.69) is 12.1 Å². The molecule has 0 unspecified atom stereocenters. The fourth-order valence-corrected chi connectivity index (χ4v) is 2.56. The number of hydrogen-bond donors (Lipinski definition) is 0. The van der Waals surface area contributed by atoms with E-state index in [-0.39, 0.29) is 0 Å². The lowest BCUT2D eigenvalue weighted by molar-refractivity contribution is 0.454. The van der Waals surface area contributed by atoms with Crippen molar-refractivity contribution in [2.45, 2.75) is 9.79 Å². The fourth-order valence-electron chi connectivity index (χ4n) is 1.52. The molecule has 0 N–H and O–H groups in total. The molecule has 1 aliphatic rings. The third-order valence-corrected chi connectivity index (χ3v) is 3.41. The molecular weight excluding hydrogens is 192 g/mol. The van der Waals surface area contributed by atoms with Gasteiger partial charge in [-0.05, 0) is 24.3 Å². The Morgan fingerprint density at radius 1 is 0.714 bits per heavy atom. The molecule has 0 aliphatic carbocycles.